The van der Waals surface area contributed by atoms with E-state index in [9.17, 15) is 15.2 Å². The first-order chi connectivity index (χ1) is 15.0. The first-order valence-corrected chi connectivity index (χ1v) is 10.2. The van der Waals surface area contributed by atoms with Gasteiger partial charge in [0.1, 0.15) is 27.6 Å². The van der Waals surface area contributed by atoms with Gasteiger partial charge >= 0.3 is 5.97 Å². The van der Waals surface area contributed by atoms with Crippen LogP contribution in [0.2, 0.25) is 5.02 Å². The Morgan fingerprint density at radius 2 is 2.32 bits per heavy atom. The van der Waals surface area contributed by atoms with E-state index in [0.29, 0.717) is 16.1 Å². The number of esters is 1. The van der Waals surface area contributed by atoms with Gasteiger partial charge in [-0.2, -0.15) is 5.26 Å². The van der Waals surface area contributed by atoms with Gasteiger partial charge in [0.05, 0.1) is 29.1 Å². The number of pyridine rings is 1. The number of nitrogens with two attached hydrogens (primary N) is 1. The third-order valence-corrected chi connectivity index (χ3v) is 5.69. The number of hydrogen-bond acceptors (Lipinski definition) is 10. The van der Waals surface area contributed by atoms with E-state index in [1.807, 2.05) is 6.07 Å². The molecule has 0 spiro atoms. The largest absolute Gasteiger partial charge is 0.492 e. The van der Waals surface area contributed by atoms with Crippen molar-refractivity contribution in [3.05, 3.63) is 51.9 Å². The summed E-state index contributed by atoms with van der Waals surface area (Å²) in [5.41, 5.74) is 6.92. The fraction of sp³-hybridized carbons (Fsp3) is 0.150. The third kappa shape index (κ3) is 3.54. The normalized spacial score (nSPS) is 12.6. The number of nitriles is 1. The van der Waals surface area contributed by atoms with Gasteiger partial charge in [0.2, 0.25) is 18.6 Å². The van der Waals surface area contributed by atoms with E-state index in [-0.39, 0.29) is 45.9 Å². The lowest BCUT2D eigenvalue weighted by Gasteiger charge is -2.26. The Hall–Kier alpha value is -3.68. The summed E-state index contributed by atoms with van der Waals surface area (Å²) in [4.78, 5) is 18.4. The Bertz CT molecular complexity index is 1270. The predicted molar refractivity (Wildman–Crippen MR) is 115 cm³/mol. The third-order valence-electron chi connectivity index (χ3n) is 4.37. The summed E-state index contributed by atoms with van der Waals surface area (Å²) in [6.45, 7) is 1.80. The van der Waals surface area contributed by atoms with Crippen LogP contribution in [0.1, 0.15) is 22.2 Å². The number of ether oxygens (including phenoxy) is 3. The van der Waals surface area contributed by atoms with E-state index in [4.69, 9.17) is 31.5 Å². The average molecular weight is 459 g/mol. The maximum Gasteiger partial charge on any atom is 0.350 e. The van der Waals surface area contributed by atoms with Crippen molar-refractivity contribution in [3.63, 3.8) is 0 Å². The maximum atomic E-state index is 12.4. The predicted octanol–water partition coefficient (Wildman–Crippen LogP) is 4.23. The SMILES string of the molecule is CCOC(=O)c1sc2nc(O)c(C#N)c(N(C3=COCO3)c3cccc(Cl)c3)c2c1N. The number of fused-ring (bicyclic) bond motifs is 1. The summed E-state index contributed by atoms with van der Waals surface area (Å²) in [5.74, 6) is -0.914. The molecule has 1 aromatic carbocycles. The van der Waals surface area contributed by atoms with Crippen molar-refractivity contribution in [1.82, 2.24) is 4.98 Å². The Labute approximate surface area is 185 Å². The highest BCUT2D eigenvalue weighted by Gasteiger charge is 2.31. The number of rotatable bonds is 5. The van der Waals surface area contributed by atoms with Gasteiger partial charge in [0, 0.05) is 5.02 Å². The van der Waals surface area contributed by atoms with E-state index in [0.717, 1.165) is 11.3 Å². The molecule has 11 heteroatoms. The van der Waals surface area contributed by atoms with E-state index in [1.54, 1.807) is 31.2 Å². The van der Waals surface area contributed by atoms with Crippen molar-refractivity contribution in [1.29, 1.82) is 5.26 Å². The van der Waals surface area contributed by atoms with Crippen molar-refractivity contribution in [2.75, 3.05) is 24.0 Å². The number of hydrogen-bond donors (Lipinski definition) is 2. The Morgan fingerprint density at radius 1 is 1.52 bits per heavy atom. The lowest BCUT2D eigenvalue weighted by Crippen LogP contribution is -2.19. The number of nitrogens with zero attached hydrogens (tertiary/aromatic N) is 3. The number of aromatic hydroxyl groups is 1. The molecule has 2 aromatic heterocycles. The lowest BCUT2D eigenvalue weighted by atomic mass is 10.1. The molecule has 0 saturated heterocycles. The van der Waals surface area contributed by atoms with Gasteiger partial charge in [-0.25, -0.2) is 9.78 Å². The molecule has 31 heavy (non-hydrogen) atoms. The van der Waals surface area contributed by atoms with Crippen molar-refractivity contribution >= 4 is 56.2 Å². The zero-order chi connectivity index (χ0) is 22.1. The van der Waals surface area contributed by atoms with Crippen LogP contribution < -0.4 is 10.6 Å². The van der Waals surface area contributed by atoms with Crippen LogP contribution in [-0.2, 0) is 14.2 Å². The van der Waals surface area contributed by atoms with Gasteiger partial charge in [-0.05, 0) is 25.1 Å². The van der Waals surface area contributed by atoms with Crippen LogP contribution in [0.4, 0.5) is 17.1 Å². The average Bonchev–Trinajstić information content (AvgIpc) is 3.37. The summed E-state index contributed by atoms with van der Waals surface area (Å²) in [6, 6.07) is 8.73. The second-order valence-corrected chi connectivity index (χ2v) is 7.65. The highest BCUT2D eigenvalue weighted by Crippen LogP contribution is 2.47. The fourth-order valence-electron chi connectivity index (χ4n) is 3.13. The Morgan fingerprint density at radius 3 is 2.97 bits per heavy atom. The van der Waals surface area contributed by atoms with Gasteiger partial charge in [-0.3, -0.25) is 4.90 Å². The van der Waals surface area contributed by atoms with Crippen molar-refractivity contribution in [2.24, 2.45) is 0 Å². The Balaban J connectivity index is 2.07. The molecule has 0 atom stereocenters. The van der Waals surface area contributed by atoms with E-state index in [2.05, 4.69) is 4.98 Å². The summed E-state index contributed by atoms with van der Waals surface area (Å²) >= 11 is 7.14. The quantitative estimate of drug-likeness (QED) is 0.539. The topological polar surface area (TPSA) is 131 Å². The number of nitrogen functional groups attached to an aromatic ring is 1. The van der Waals surface area contributed by atoms with E-state index >= 15 is 0 Å². The van der Waals surface area contributed by atoms with Gasteiger partial charge in [0.15, 0.2) is 0 Å². The molecule has 1 aliphatic heterocycles. The molecule has 4 rings (SSSR count). The molecular formula is C20H15ClN4O5S. The van der Waals surface area contributed by atoms with E-state index < -0.39 is 11.8 Å². The smallest absolute Gasteiger partial charge is 0.350 e. The van der Waals surface area contributed by atoms with Crippen LogP contribution in [0.3, 0.4) is 0 Å². The first kappa shape index (κ1) is 20.6. The van der Waals surface area contributed by atoms with Crippen molar-refractivity contribution < 1.29 is 24.1 Å². The molecule has 0 amide bonds. The zero-order valence-electron chi connectivity index (χ0n) is 16.1. The highest BCUT2D eigenvalue weighted by molar-refractivity contribution is 7.21. The number of thiophene rings is 1. The molecular weight excluding hydrogens is 444 g/mol. The van der Waals surface area contributed by atoms with Crippen LogP contribution in [0.25, 0.3) is 10.2 Å². The minimum absolute atomic E-state index is 0.0400. The van der Waals surface area contributed by atoms with Crippen LogP contribution in [0.15, 0.2) is 36.4 Å². The number of benzene rings is 1. The van der Waals surface area contributed by atoms with Gasteiger partial charge in [-0.1, -0.05) is 17.7 Å². The summed E-state index contributed by atoms with van der Waals surface area (Å²) in [7, 11) is 0. The zero-order valence-corrected chi connectivity index (χ0v) is 17.7. The Kier molecular flexibility index (Phi) is 5.46. The summed E-state index contributed by atoms with van der Waals surface area (Å²) < 4.78 is 15.9. The standard InChI is InChI=1S/C20H15ClN4O5S/c1-2-29-20(27)17-15(23)14-16(12(7-22)18(26)24-19(14)31-17)25(13-8-28-9-30-13)11-5-3-4-10(21)6-11/h3-6,8H,2,9,23H2,1H3,(H,24,26). The first-order valence-electron chi connectivity index (χ1n) is 8.98. The lowest BCUT2D eigenvalue weighted by molar-refractivity contribution is 0.0533. The molecule has 3 N–H and O–H groups in total. The molecule has 0 bridgehead atoms. The molecule has 3 heterocycles. The summed E-state index contributed by atoms with van der Waals surface area (Å²) in [6.07, 6.45) is 1.36. The van der Waals surface area contributed by atoms with Crippen molar-refractivity contribution in [2.45, 2.75) is 6.92 Å². The van der Waals surface area contributed by atoms with Crippen LogP contribution in [-0.4, -0.2) is 29.5 Å². The van der Waals surface area contributed by atoms with Crippen LogP contribution >= 0.6 is 22.9 Å². The van der Waals surface area contributed by atoms with Gasteiger partial charge in [0.25, 0.3) is 0 Å². The minimum Gasteiger partial charge on any atom is -0.492 e. The molecule has 0 unspecified atom stereocenters. The highest BCUT2D eigenvalue weighted by atomic mass is 35.5. The van der Waals surface area contributed by atoms with Crippen LogP contribution in [0, 0.1) is 11.3 Å². The van der Waals surface area contributed by atoms with E-state index in [1.165, 1.54) is 11.2 Å². The minimum atomic E-state index is -0.624. The van der Waals surface area contributed by atoms with Gasteiger partial charge < -0.3 is 25.1 Å². The number of anilines is 3. The molecule has 1 aliphatic rings. The second kappa shape index (κ2) is 8.22. The molecule has 3 aromatic rings. The monoisotopic (exact) mass is 458 g/mol. The number of carbonyl (C=O) groups excluding carboxylic acids is 1. The van der Waals surface area contributed by atoms with Crippen molar-refractivity contribution in [3.8, 4) is 11.9 Å². The number of aromatic nitrogens is 1. The fourth-order valence-corrected chi connectivity index (χ4v) is 4.30. The molecule has 0 aliphatic carbocycles. The molecule has 158 valence electrons. The molecule has 9 nitrogen and oxygen atoms in total. The number of halogens is 1. The molecule has 0 saturated carbocycles. The molecule has 0 fully saturated rings. The second-order valence-electron chi connectivity index (χ2n) is 6.22. The summed E-state index contributed by atoms with van der Waals surface area (Å²) in [5, 5.41) is 21.0. The van der Waals surface area contributed by atoms with Crippen LogP contribution in [0.5, 0.6) is 5.88 Å². The maximum absolute atomic E-state index is 12.4. The molecule has 0 radical (unpaired) electrons. The van der Waals surface area contributed by atoms with Gasteiger partial charge in [-0.15, -0.1) is 11.3 Å². The number of carbonyl (C=O) groups is 1.